The highest BCUT2D eigenvalue weighted by molar-refractivity contribution is 9.08. The fourth-order valence-electron chi connectivity index (χ4n) is 2.23. The van der Waals surface area contributed by atoms with Gasteiger partial charge in [-0.1, -0.05) is 40.2 Å². The Morgan fingerprint density at radius 1 is 1.10 bits per heavy atom. The van der Waals surface area contributed by atoms with Gasteiger partial charge in [-0.3, -0.25) is 0 Å². The molecule has 0 aromatic heterocycles. The van der Waals surface area contributed by atoms with E-state index in [1.165, 1.54) is 0 Å². The van der Waals surface area contributed by atoms with Gasteiger partial charge < -0.3 is 0 Å². The summed E-state index contributed by atoms with van der Waals surface area (Å²) in [5.41, 5.74) is 2.01. The molecule has 118 valence electrons. The number of sulfone groups is 1. The van der Waals surface area contributed by atoms with E-state index in [0.29, 0.717) is 0 Å². The first kappa shape index (κ1) is 16.9. The molecule has 5 nitrogen and oxygen atoms in total. The molecular formula is C13H18BrNO4S2. The Kier molecular flexibility index (Phi) is 5.45. The highest BCUT2D eigenvalue weighted by atomic mass is 79.9. The fourth-order valence-corrected chi connectivity index (χ4v) is 5.85. The van der Waals surface area contributed by atoms with E-state index in [0.717, 1.165) is 16.5 Å². The molecule has 1 aromatic carbocycles. The van der Waals surface area contributed by atoms with E-state index in [1.54, 1.807) is 0 Å². The largest absolute Gasteiger partial charge is 0.229 e. The smallest absolute Gasteiger partial charge is 0.214 e. The van der Waals surface area contributed by atoms with Gasteiger partial charge in [-0.2, -0.15) is 0 Å². The first-order chi connectivity index (χ1) is 9.82. The molecule has 0 bridgehead atoms. The summed E-state index contributed by atoms with van der Waals surface area (Å²) in [6.45, 7) is 0.230. The standard InChI is InChI=1S/C13H18BrNO4S2/c14-9-11-1-3-12(4-2-11)10-15-21(18,19)13-5-7-20(16,17)8-6-13/h1-4,13,15H,5-10H2. The van der Waals surface area contributed by atoms with E-state index >= 15 is 0 Å². The summed E-state index contributed by atoms with van der Waals surface area (Å²) in [6.07, 6.45) is 0.361. The molecule has 2 rings (SSSR count). The van der Waals surface area contributed by atoms with Gasteiger partial charge in [0, 0.05) is 11.9 Å². The lowest BCUT2D eigenvalue weighted by atomic mass is 10.2. The lowest BCUT2D eigenvalue weighted by molar-refractivity contribution is 0.542. The van der Waals surface area contributed by atoms with Crippen LogP contribution in [0, 0.1) is 0 Å². The number of benzene rings is 1. The molecule has 0 aliphatic carbocycles. The first-order valence-electron chi connectivity index (χ1n) is 6.65. The number of hydrogen-bond donors (Lipinski definition) is 1. The summed E-state index contributed by atoms with van der Waals surface area (Å²) in [4.78, 5) is 0. The Bertz CT molecular complexity index is 669. The van der Waals surface area contributed by atoms with Crippen molar-refractivity contribution in [2.45, 2.75) is 30.0 Å². The van der Waals surface area contributed by atoms with Crippen LogP contribution in [0.2, 0.25) is 0 Å². The maximum absolute atomic E-state index is 12.2. The van der Waals surface area contributed by atoms with Crippen molar-refractivity contribution >= 4 is 35.8 Å². The summed E-state index contributed by atoms with van der Waals surface area (Å²) >= 11 is 3.35. The van der Waals surface area contributed by atoms with E-state index in [9.17, 15) is 16.8 Å². The minimum Gasteiger partial charge on any atom is -0.229 e. The molecule has 0 saturated carbocycles. The van der Waals surface area contributed by atoms with Crippen molar-refractivity contribution in [3.8, 4) is 0 Å². The topological polar surface area (TPSA) is 80.3 Å². The Hall–Kier alpha value is -0.440. The van der Waals surface area contributed by atoms with Crippen molar-refractivity contribution < 1.29 is 16.8 Å². The van der Waals surface area contributed by atoms with Gasteiger partial charge in [0.1, 0.15) is 9.84 Å². The fraction of sp³-hybridized carbons (Fsp3) is 0.538. The maximum atomic E-state index is 12.2. The highest BCUT2D eigenvalue weighted by Gasteiger charge is 2.32. The summed E-state index contributed by atoms with van der Waals surface area (Å²) in [5.74, 6) is -0.0863. The lowest BCUT2D eigenvalue weighted by Crippen LogP contribution is -2.39. The molecule has 0 radical (unpaired) electrons. The van der Waals surface area contributed by atoms with Crippen LogP contribution in [0.3, 0.4) is 0 Å². The Labute approximate surface area is 134 Å². The molecule has 1 heterocycles. The van der Waals surface area contributed by atoms with Crippen LogP contribution in [0.4, 0.5) is 0 Å². The molecule has 1 saturated heterocycles. The van der Waals surface area contributed by atoms with Crippen molar-refractivity contribution in [2.75, 3.05) is 11.5 Å². The molecule has 1 aliphatic heterocycles. The van der Waals surface area contributed by atoms with Crippen LogP contribution < -0.4 is 4.72 Å². The van der Waals surface area contributed by atoms with Gasteiger partial charge in [0.05, 0.1) is 16.8 Å². The van der Waals surface area contributed by atoms with Gasteiger partial charge in [-0.15, -0.1) is 0 Å². The number of halogens is 1. The molecule has 0 amide bonds. The van der Waals surface area contributed by atoms with E-state index in [-0.39, 0.29) is 30.9 Å². The summed E-state index contributed by atoms with van der Waals surface area (Å²) < 4.78 is 49.6. The highest BCUT2D eigenvalue weighted by Crippen LogP contribution is 2.19. The van der Waals surface area contributed by atoms with Crippen LogP contribution in [0.15, 0.2) is 24.3 Å². The second-order valence-electron chi connectivity index (χ2n) is 5.17. The Morgan fingerprint density at radius 3 is 2.14 bits per heavy atom. The van der Waals surface area contributed by atoms with Gasteiger partial charge in [-0.05, 0) is 24.0 Å². The van der Waals surface area contributed by atoms with E-state index < -0.39 is 25.1 Å². The van der Waals surface area contributed by atoms with Crippen molar-refractivity contribution in [3.05, 3.63) is 35.4 Å². The zero-order chi connectivity index (χ0) is 15.5. The molecule has 0 spiro atoms. The van der Waals surface area contributed by atoms with Crippen LogP contribution in [0.25, 0.3) is 0 Å². The number of hydrogen-bond acceptors (Lipinski definition) is 4. The van der Waals surface area contributed by atoms with Crippen molar-refractivity contribution in [2.24, 2.45) is 0 Å². The molecule has 0 atom stereocenters. The van der Waals surface area contributed by atoms with Crippen molar-refractivity contribution in [3.63, 3.8) is 0 Å². The minimum absolute atomic E-state index is 0.0431. The molecule has 8 heteroatoms. The zero-order valence-electron chi connectivity index (χ0n) is 11.5. The molecule has 1 N–H and O–H groups in total. The first-order valence-corrected chi connectivity index (χ1v) is 11.1. The zero-order valence-corrected chi connectivity index (χ0v) is 14.7. The third kappa shape index (κ3) is 4.77. The number of alkyl halides is 1. The normalized spacial score (nSPS) is 19.5. The third-order valence-electron chi connectivity index (χ3n) is 3.60. The van der Waals surface area contributed by atoms with Gasteiger partial charge in [0.2, 0.25) is 10.0 Å². The molecule has 1 fully saturated rings. The number of rotatable bonds is 5. The van der Waals surface area contributed by atoms with Gasteiger partial charge in [-0.25, -0.2) is 21.6 Å². The quantitative estimate of drug-likeness (QED) is 0.767. The van der Waals surface area contributed by atoms with Gasteiger partial charge in [0.25, 0.3) is 0 Å². The van der Waals surface area contributed by atoms with Crippen LogP contribution in [-0.4, -0.2) is 33.6 Å². The second kappa shape index (κ2) is 6.76. The molecule has 1 aliphatic rings. The lowest BCUT2D eigenvalue weighted by Gasteiger charge is -2.22. The SMILES string of the molecule is O=S1(=O)CCC(S(=O)(=O)NCc2ccc(CBr)cc2)CC1. The average Bonchev–Trinajstić information content (AvgIpc) is 2.45. The van der Waals surface area contributed by atoms with E-state index in [1.807, 2.05) is 24.3 Å². The second-order valence-corrected chi connectivity index (χ2v) is 10.1. The van der Waals surface area contributed by atoms with Crippen LogP contribution in [-0.2, 0) is 31.7 Å². The van der Waals surface area contributed by atoms with Crippen LogP contribution in [0.1, 0.15) is 24.0 Å². The Morgan fingerprint density at radius 2 is 1.62 bits per heavy atom. The number of nitrogens with one attached hydrogen (secondary N) is 1. The summed E-state index contributed by atoms with van der Waals surface area (Å²) in [7, 11) is -6.52. The van der Waals surface area contributed by atoms with Gasteiger partial charge in [0.15, 0.2) is 0 Å². The summed E-state index contributed by atoms with van der Waals surface area (Å²) in [5, 5.41) is 0.151. The van der Waals surface area contributed by atoms with Crippen molar-refractivity contribution in [1.29, 1.82) is 0 Å². The molecule has 1 aromatic rings. The minimum atomic E-state index is -3.47. The predicted molar refractivity (Wildman–Crippen MR) is 86.5 cm³/mol. The molecule has 0 unspecified atom stereocenters. The van der Waals surface area contributed by atoms with E-state index in [4.69, 9.17) is 0 Å². The monoisotopic (exact) mass is 395 g/mol. The summed E-state index contributed by atoms with van der Waals surface area (Å²) in [6, 6.07) is 7.63. The van der Waals surface area contributed by atoms with Gasteiger partial charge >= 0.3 is 0 Å². The molecule has 21 heavy (non-hydrogen) atoms. The predicted octanol–water partition coefficient (Wildman–Crippen LogP) is 1.58. The van der Waals surface area contributed by atoms with Crippen LogP contribution >= 0.6 is 15.9 Å². The van der Waals surface area contributed by atoms with Crippen LogP contribution in [0.5, 0.6) is 0 Å². The van der Waals surface area contributed by atoms with E-state index in [2.05, 4.69) is 20.7 Å². The maximum Gasteiger partial charge on any atom is 0.214 e. The third-order valence-corrected chi connectivity index (χ3v) is 7.85. The Balaban J connectivity index is 1.95. The average molecular weight is 396 g/mol. The molecular weight excluding hydrogens is 378 g/mol. The number of sulfonamides is 1. The van der Waals surface area contributed by atoms with Crippen molar-refractivity contribution in [1.82, 2.24) is 4.72 Å².